The number of hydrogen-bond donors (Lipinski definition) is 0. The normalized spacial score (nSPS) is 20.9. The average molecular weight is 296 g/mol. The summed E-state index contributed by atoms with van der Waals surface area (Å²) in [7, 11) is 3.27. The maximum atomic E-state index is 12.2. The minimum atomic E-state index is -4.13. The third-order valence-corrected chi connectivity index (χ3v) is 3.57. The van der Waals surface area contributed by atoms with Gasteiger partial charge in [0.1, 0.15) is 0 Å². The van der Waals surface area contributed by atoms with Crippen molar-refractivity contribution in [1.82, 2.24) is 9.80 Å². The van der Waals surface area contributed by atoms with Crippen LogP contribution in [0.4, 0.5) is 13.2 Å². The molecule has 7 heteroatoms. The number of amides is 1. The summed E-state index contributed by atoms with van der Waals surface area (Å²) in [5.41, 5.74) is 0. The fourth-order valence-electron chi connectivity index (χ4n) is 2.40. The Labute approximate surface area is 117 Å². The summed E-state index contributed by atoms with van der Waals surface area (Å²) in [6.45, 7) is 2.02. The third kappa shape index (κ3) is 6.09. The Bertz CT molecular complexity index is 310. The topological polar surface area (TPSA) is 32.8 Å². The smallest absolute Gasteiger partial charge is 0.383 e. The van der Waals surface area contributed by atoms with Crippen LogP contribution in [0.1, 0.15) is 19.3 Å². The molecule has 4 nitrogen and oxygen atoms in total. The number of nitrogens with zero attached hydrogens (tertiary/aromatic N) is 2. The van der Waals surface area contributed by atoms with E-state index in [-0.39, 0.29) is 18.4 Å². The number of hydrogen-bond acceptors (Lipinski definition) is 3. The molecule has 1 rings (SSSR count). The molecule has 0 aromatic heterocycles. The van der Waals surface area contributed by atoms with Crippen molar-refractivity contribution in [3.63, 3.8) is 0 Å². The van der Waals surface area contributed by atoms with Gasteiger partial charge in [-0.3, -0.25) is 4.79 Å². The van der Waals surface area contributed by atoms with Crippen LogP contribution < -0.4 is 0 Å². The van der Waals surface area contributed by atoms with Crippen molar-refractivity contribution in [3.8, 4) is 0 Å². The molecule has 1 heterocycles. The molecular formula is C13H23F3N2O2. The zero-order valence-corrected chi connectivity index (χ0v) is 12.1. The molecule has 1 atom stereocenters. The Morgan fingerprint density at radius 1 is 1.45 bits per heavy atom. The van der Waals surface area contributed by atoms with E-state index in [1.165, 1.54) is 0 Å². The van der Waals surface area contributed by atoms with Gasteiger partial charge < -0.3 is 14.5 Å². The predicted molar refractivity (Wildman–Crippen MR) is 69.3 cm³/mol. The number of halogens is 3. The van der Waals surface area contributed by atoms with Gasteiger partial charge in [0.2, 0.25) is 5.91 Å². The van der Waals surface area contributed by atoms with Gasteiger partial charge in [-0.2, -0.15) is 13.2 Å². The highest BCUT2D eigenvalue weighted by molar-refractivity contribution is 5.78. The highest BCUT2D eigenvalue weighted by atomic mass is 19.4. The van der Waals surface area contributed by atoms with E-state index in [2.05, 4.69) is 0 Å². The third-order valence-electron chi connectivity index (χ3n) is 3.57. The van der Waals surface area contributed by atoms with E-state index in [4.69, 9.17) is 4.74 Å². The molecule has 0 aromatic rings. The molecule has 0 N–H and O–H groups in total. The summed E-state index contributed by atoms with van der Waals surface area (Å²) in [6, 6.07) is 0. The molecule has 20 heavy (non-hydrogen) atoms. The first kappa shape index (κ1) is 17.2. The molecule has 1 amide bonds. The van der Waals surface area contributed by atoms with Crippen molar-refractivity contribution in [3.05, 3.63) is 0 Å². The number of methoxy groups -OCH3 is 1. The van der Waals surface area contributed by atoms with Crippen molar-refractivity contribution in [1.29, 1.82) is 0 Å². The van der Waals surface area contributed by atoms with Crippen LogP contribution in [-0.4, -0.2) is 68.8 Å². The Morgan fingerprint density at radius 3 is 2.75 bits per heavy atom. The first-order valence-corrected chi connectivity index (χ1v) is 6.86. The number of rotatable bonds is 6. The summed E-state index contributed by atoms with van der Waals surface area (Å²) in [6.07, 6.45) is -3.43. The Kier molecular flexibility index (Phi) is 6.75. The lowest BCUT2D eigenvalue weighted by molar-refractivity contribution is -0.141. The molecule has 0 aliphatic carbocycles. The number of likely N-dealkylation sites (tertiary alicyclic amines) is 1. The van der Waals surface area contributed by atoms with E-state index in [1.807, 2.05) is 0 Å². The van der Waals surface area contributed by atoms with E-state index in [0.29, 0.717) is 26.2 Å². The molecular weight excluding hydrogens is 273 g/mol. The van der Waals surface area contributed by atoms with Crippen LogP contribution in [0.25, 0.3) is 0 Å². The first-order chi connectivity index (χ1) is 9.33. The minimum Gasteiger partial charge on any atom is -0.383 e. The van der Waals surface area contributed by atoms with Crippen molar-refractivity contribution in [2.75, 3.05) is 46.9 Å². The number of carbonyl (C=O) groups excluding carboxylic acids is 1. The van der Waals surface area contributed by atoms with E-state index in [9.17, 15) is 18.0 Å². The summed E-state index contributed by atoms with van der Waals surface area (Å²) in [4.78, 5) is 15.5. The molecule has 0 radical (unpaired) electrons. The zero-order chi connectivity index (χ0) is 15.2. The standard InChI is InChI=1S/C13H23F3N2O2/c1-17(8-9-20-2)12(19)11-4-3-6-18(10-11)7-5-13(14,15)16/h11H,3-10H2,1-2H3. The van der Waals surface area contributed by atoms with Gasteiger partial charge in [-0.1, -0.05) is 0 Å². The lowest BCUT2D eigenvalue weighted by Crippen LogP contribution is -2.45. The van der Waals surface area contributed by atoms with Crippen LogP contribution in [-0.2, 0) is 9.53 Å². The molecule has 0 saturated carbocycles. The summed E-state index contributed by atoms with van der Waals surface area (Å²) < 4.78 is 41.6. The molecule has 1 unspecified atom stereocenters. The number of likely N-dealkylation sites (N-methyl/N-ethyl adjacent to an activating group) is 1. The largest absolute Gasteiger partial charge is 0.390 e. The average Bonchev–Trinajstić information content (AvgIpc) is 2.41. The molecule has 0 spiro atoms. The van der Waals surface area contributed by atoms with Gasteiger partial charge >= 0.3 is 6.18 Å². The predicted octanol–water partition coefficient (Wildman–Crippen LogP) is 1.76. The Morgan fingerprint density at radius 2 is 2.15 bits per heavy atom. The maximum Gasteiger partial charge on any atom is 0.390 e. The highest BCUT2D eigenvalue weighted by Crippen LogP contribution is 2.23. The van der Waals surface area contributed by atoms with E-state index in [1.54, 1.807) is 24.0 Å². The van der Waals surface area contributed by atoms with Gasteiger partial charge in [-0.15, -0.1) is 0 Å². The fourth-order valence-corrected chi connectivity index (χ4v) is 2.40. The van der Waals surface area contributed by atoms with E-state index < -0.39 is 12.6 Å². The van der Waals surface area contributed by atoms with Crippen molar-refractivity contribution in [2.45, 2.75) is 25.4 Å². The molecule has 1 aliphatic rings. The lowest BCUT2D eigenvalue weighted by atomic mass is 9.96. The Balaban J connectivity index is 2.41. The van der Waals surface area contributed by atoms with Gasteiger partial charge in [0.05, 0.1) is 18.9 Å². The lowest BCUT2D eigenvalue weighted by Gasteiger charge is -2.34. The molecule has 1 fully saturated rings. The van der Waals surface area contributed by atoms with Crippen molar-refractivity contribution < 1.29 is 22.7 Å². The van der Waals surface area contributed by atoms with Gasteiger partial charge in [0, 0.05) is 33.8 Å². The fraction of sp³-hybridized carbons (Fsp3) is 0.923. The summed E-state index contributed by atoms with van der Waals surface area (Å²) in [5, 5.41) is 0. The molecule has 118 valence electrons. The van der Waals surface area contributed by atoms with E-state index >= 15 is 0 Å². The molecule has 0 bridgehead atoms. The van der Waals surface area contributed by atoms with Crippen LogP contribution in [0.2, 0.25) is 0 Å². The van der Waals surface area contributed by atoms with Crippen LogP contribution in [0.5, 0.6) is 0 Å². The summed E-state index contributed by atoms with van der Waals surface area (Å²) in [5.74, 6) is -0.197. The van der Waals surface area contributed by atoms with Crippen LogP contribution in [0, 0.1) is 5.92 Å². The first-order valence-electron chi connectivity index (χ1n) is 6.86. The molecule has 1 saturated heterocycles. The Hall–Kier alpha value is -0.820. The SMILES string of the molecule is COCCN(C)C(=O)C1CCCN(CCC(F)(F)F)C1. The van der Waals surface area contributed by atoms with Gasteiger partial charge in [-0.25, -0.2) is 0 Å². The highest BCUT2D eigenvalue weighted by Gasteiger charge is 2.31. The van der Waals surface area contributed by atoms with Crippen LogP contribution in [0.3, 0.4) is 0 Å². The second-order valence-electron chi connectivity index (χ2n) is 5.26. The number of alkyl halides is 3. The second-order valence-corrected chi connectivity index (χ2v) is 5.26. The van der Waals surface area contributed by atoms with Gasteiger partial charge in [0.25, 0.3) is 0 Å². The number of piperidine rings is 1. The minimum absolute atomic E-state index is 0.00115. The van der Waals surface area contributed by atoms with Crippen molar-refractivity contribution in [2.24, 2.45) is 5.92 Å². The summed E-state index contributed by atoms with van der Waals surface area (Å²) >= 11 is 0. The van der Waals surface area contributed by atoms with E-state index in [0.717, 1.165) is 12.8 Å². The second kappa shape index (κ2) is 7.83. The van der Waals surface area contributed by atoms with Gasteiger partial charge in [-0.05, 0) is 19.4 Å². The monoisotopic (exact) mass is 296 g/mol. The van der Waals surface area contributed by atoms with Gasteiger partial charge in [0.15, 0.2) is 0 Å². The molecule has 1 aliphatic heterocycles. The quantitative estimate of drug-likeness (QED) is 0.749. The zero-order valence-electron chi connectivity index (χ0n) is 12.1. The van der Waals surface area contributed by atoms with Crippen molar-refractivity contribution >= 4 is 5.91 Å². The molecule has 0 aromatic carbocycles. The maximum absolute atomic E-state index is 12.2. The number of carbonyl (C=O) groups is 1. The van der Waals surface area contributed by atoms with Crippen LogP contribution in [0.15, 0.2) is 0 Å². The number of ether oxygens (including phenoxy) is 1. The van der Waals surface area contributed by atoms with Crippen LogP contribution >= 0.6 is 0 Å².